The SMILES string of the molecule is CC1=CC[C@H]2CN(C(=O)c3cccc(CCC(C)(C)O)c3)C[C@H]2C1. The first-order chi connectivity index (χ1) is 11.3. The van der Waals surface area contributed by atoms with Gasteiger partial charge in [-0.05, 0) is 76.0 Å². The van der Waals surface area contributed by atoms with E-state index >= 15 is 0 Å². The molecule has 0 bridgehead atoms. The van der Waals surface area contributed by atoms with Crippen molar-refractivity contribution < 1.29 is 9.90 Å². The molecule has 1 heterocycles. The topological polar surface area (TPSA) is 40.5 Å². The number of hydrogen-bond donors (Lipinski definition) is 1. The van der Waals surface area contributed by atoms with Crippen LogP contribution >= 0.6 is 0 Å². The molecule has 1 saturated heterocycles. The maximum Gasteiger partial charge on any atom is 0.253 e. The van der Waals surface area contributed by atoms with Gasteiger partial charge in [0.15, 0.2) is 0 Å². The van der Waals surface area contributed by atoms with Crippen LogP contribution in [0.25, 0.3) is 0 Å². The zero-order valence-electron chi connectivity index (χ0n) is 15.1. The lowest BCUT2D eigenvalue weighted by Crippen LogP contribution is -2.29. The largest absolute Gasteiger partial charge is 0.390 e. The molecule has 3 nitrogen and oxygen atoms in total. The van der Waals surface area contributed by atoms with E-state index in [0.717, 1.165) is 43.5 Å². The van der Waals surface area contributed by atoms with Gasteiger partial charge in [0.25, 0.3) is 5.91 Å². The fraction of sp³-hybridized carbons (Fsp3) is 0.571. The van der Waals surface area contributed by atoms with Crippen LogP contribution in [0.15, 0.2) is 35.9 Å². The molecule has 2 aliphatic rings. The lowest BCUT2D eigenvalue weighted by molar-refractivity contribution is 0.0714. The Kier molecular flexibility index (Phi) is 4.82. The molecule has 0 radical (unpaired) electrons. The maximum atomic E-state index is 12.9. The molecule has 130 valence electrons. The van der Waals surface area contributed by atoms with E-state index < -0.39 is 5.60 Å². The highest BCUT2D eigenvalue weighted by Crippen LogP contribution is 2.36. The van der Waals surface area contributed by atoms with E-state index in [4.69, 9.17) is 0 Å². The van der Waals surface area contributed by atoms with Gasteiger partial charge in [-0.15, -0.1) is 0 Å². The smallest absolute Gasteiger partial charge is 0.253 e. The number of nitrogens with zero attached hydrogens (tertiary/aromatic N) is 1. The van der Waals surface area contributed by atoms with Gasteiger partial charge in [0.2, 0.25) is 0 Å². The van der Waals surface area contributed by atoms with Crippen molar-refractivity contribution in [1.29, 1.82) is 0 Å². The zero-order chi connectivity index (χ0) is 17.3. The number of carbonyl (C=O) groups is 1. The van der Waals surface area contributed by atoms with Crippen LogP contribution in [0.1, 0.15) is 56.0 Å². The molecule has 1 aliphatic heterocycles. The third kappa shape index (κ3) is 4.07. The van der Waals surface area contributed by atoms with Crippen molar-refractivity contribution in [3.05, 3.63) is 47.0 Å². The summed E-state index contributed by atoms with van der Waals surface area (Å²) in [7, 11) is 0. The van der Waals surface area contributed by atoms with Crippen molar-refractivity contribution >= 4 is 5.91 Å². The minimum absolute atomic E-state index is 0.159. The molecule has 0 unspecified atom stereocenters. The van der Waals surface area contributed by atoms with Crippen molar-refractivity contribution in [2.45, 2.75) is 52.1 Å². The summed E-state index contributed by atoms with van der Waals surface area (Å²) in [6.07, 6.45) is 6.08. The van der Waals surface area contributed by atoms with Crippen molar-refractivity contribution in [3.63, 3.8) is 0 Å². The van der Waals surface area contributed by atoms with Crippen LogP contribution in [0.5, 0.6) is 0 Å². The standard InChI is InChI=1S/C21H29NO2/c1-15-7-8-18-13-22(14-19(18)11-15)20(23)17-6-4-5-16(12-17)9-10-21(2,3)24/h4-7,12,18-19,24H,8-11,13-14H2,1-3H3/t18-,19+/m0/s1. The molecule has 24 heavy (non-hydrogen) atoms. The number of rotatable bonds is 4. The molecular formula is C21H29NO2. The molecule has 3 heteroatoms. The van der Waals surface area contributed by atoms with E-state index in [0.29, 0.717) is 18.3 Å². The molecule has 1 amide bonds. The second-order valence-corrected chi connectivity index (χ2v) is 8.23. The van der Waals surface area contributed by atoms with E-state index in [1.165, 1.54) is 5.57 Å². The molecule has 1 N–H and O–H groups in total. The number of benzene rings is 1. The van der Waals surface area contributed by atoms with Gasteiger partial charge < -0.3 is 10.0 Å². The number of aryl methyl sites for hydroxylation is 1. The Morgan fingerprint density at radius 2 is 2.04 bits per heavy atom. The summed E-state index contributed by atoms with van der Waals surface area (Å²) in [5.74, 6) is 1.43. The first-order valence-electron chi connectivity index (χ1n) is 9.08. The molecule has 1 aromatic carbocycles. The quantitative estimate of drug-likeness (QED) is 0.854. The molecule has 1 fully saturated rings. The predicted octanol–water partition coefficient (Wildman–Crippen LogP) is 3.82. The monoisotopic (exact) mass is 327 g/mol. The summed E-state index contributed by atoms with van der Waals surface area (Å²) in [4.78, 5) is 14.9. The van der Waals surface area contributed by atoms with E-state index in [1.54, 1.807) is 0 Å². The Bertz CT molecular complexity index is 641. The number of amides is 1. The van der Waals surface area contributed by atoms with Crippen molar-refractivity contribution in [1.82, 2.24) is 4.90 Å². The molecule has 0 saturated carbocycles. The van der Waals surface area contributed by atoms with Crippen LogP contribution < -0.4 is 0 Å². The highest BCUT2D eigenvalue weighted by Gasteiger charge is 2.36. The van der Waals surface area contributed by atoms with Gasteiger partial charge in [-0.2, -0.15) is 0 Å². The number of allylic oxidation sites excluding steroid dienone is 2. The Morgan fingerprint density at radius 3 is 2.79 bits per heavy atom. The van der Waals surface area contributed by atoms with Crippen molar-refractivity contribution in [2.75, 3.05) is 13.1 Å². The molecule has 0 aromatic heterocycles. The summed E-state index contributed by atoms with van der Waals surface area (Å²) in [6.45, 7) is 7.63. The minimum atomic E-state index is -0.671. The summed E-state index contributed by atoms with van der Waals surface area (Å²) >= 11 is 0. The van der Waals surface area contributed by atoms with Crippen LogP contribution in [0, 0.1) is 11.8 Å². The van der Waals surface area contributed by atoms with Gasteiger partial charge in [-0.3, -0.25) is 4.79 Å². The van der Waals surface area contributed by atoms with Gasteiger partial charge in [-0.25, -0.2) is 0 Å². The summed E-state index contributed by atoms with van der Waals surface area (Å²) in [6, 6.07) is 7.92. The van der Waals surface area contributed by atoms with E-state index in [9.17, 15) is 9.90 Å². The molecule has 2 atom stereocenters. The second-order valence-electron chi connectivity index (χ2n) is 8.23. The maximum absolute atomic E-state index is 12.9. The lowest BCUT2D eigenvalue weighted by Gasteiger charge is -2.21. The highest BCUT2D eigenvalue weighted by atomic mass is 16.3. The molecule has 1 aromatic rings. The molecule has 3 rings (SSSR count). The fourth-order valence-electron chi connectivity index (χ4n) is 3.94. The summed E-state index contributed by atoms with van der Waals surface area (Å²) in [5.41, 5.74) is 2.71. The Labute approximate surface area is 145 Å². The zero-order valence-corrected chi connectivity index (χ0v) is 15.1. The number of likely N-dealkylation sites (tertiary alicyclic amines) is 1. The van der Waals surface area contributed by atoms with Crippen LogP contribution in [-0.4, -0.2) is 34.6 Å². The van der Waals surface area contributed by atoms with Crippen LogP contribution in [0.2, 0.25) is 0 Å². The predicted molar refractivity (Wildman–Crippen MR) is 96.9 cm³/mol. The normalized spacial score (nSPS) is 23.8. The average molecular weight is 327 g/mol. The van der Waals surface area contributed by atoms with Gasteiger partial charge in [0.1, 0.15) is 0 Å². The van der Waals surface area contributed by atoms with Gasteiger partial charge in [-0.1, -0.05) is 23.8 Å². The Hall–Kier alpha value is -1.61. The average Bonchev–Trinajstić information content (AvgIpc) is 2.95. The Morgan fingerprint density at radius 1 is 1.29 bits per heavy atom. The van der Waals surface area contributed by atoms with E-state index in [1.807, 2.05) is 43.0 Å². The molecule has 0 spiro atoms. The Balaban J connectivity index is 1.66. The summed E-state index contributed by atoms with van der Waals surface area (Å²) < 4.78 is 0. The second kappa shape index (κ2) is 6.72. The van der Waals surface area contributed by atoms with Gasteiger partial charge >= 0.3 is 0 Å². The minimum Gasteiger partial charge on any atom is -0.390 e. The molecular weight excluding hydrogens is 298 g/mol. The summed E-state index contributed by atoms with van der Waals surface area (Å²) in [5, 5.41) is 9.89. The van der Waals surface area contributed by atoms with Crippen molar-refractivity contribution in [2.24, 2.45) is 11.8 Å². The van der Waals surface area contributed by atoms with E-state index in [-0.39, 0.29) is 5.91 Å². The fourth-order valence-corrected chi connectivity index (χ4v) is 3.94. The number of hydrogen-bond acceptors (Lipinski definition) is 2. The lowest BCUT2D eigenvalue weighted by atomic mass is 9.83. The number of aliphatic hydroxyl groups is 1. The van der Waals surface area contributed by atoms with Gasteiger partial charge in [0, 0.05) is 18.7 Å². The van der Waals surface area contributed by atoms with Crippen LogP contribution in [0.3, 0.4) is 0 Å². The highest BCUT2D eigenvalue weighted by molar-refractivity contribution is 5.94. The van der Waals surface area contributed by atoms with E-state index in [2.05, 4.69) is 13.0 Å². The first-order valence-corrected chi connectivity index (χ1v) is 9.08. The van der Waals surface area contributed by atoms with Crippen molar-refractivity contribution in [3.8, 4) is 0 Å². The third-order valence-corrected chi connectivity index (χ3v) is 5.42. The first kappa shape index (κ1) is 17.2. The third-order valence-electron chi connectivity index (χ3n) is 5.42. The molecule has 1 aliphatic carbocycles. The number of carbonyl (C=O) groups excluding carboxylic acids is 1. The van der Waals surface area contributed by atoms with Gasteiger partial charge in [0.05, 0.1) is 5.60 Å². The van der Waals surface area contributed by atoms with Crippen LogP contribution in [-0.2, 0) is 6.42 Å². The van der Waals surface area contributed by atoms with Crippen LogP contribution in [0.4, 0.5) is 0 Å². The number of fused-ring (bicyclic) bond motifs is 1.